The van der Waals surface area contributed by atoms with E-state index in [9.17, 15) is 0 Å². The van der Waals surface area contributed by atoms with E-state index in [0.29, 0.717) is 0 Å². The fourth-order valence-electron chi connectivity index (χ4n) is 11.4. The highest BCUT2D eigenvalue weighted by Gasteiger charge is 2.47. The molecule has 0 atom stereocenters. The number of hydrogen-bond acceptors (Lipinski definition) is 3. The van der Waals surface area contributed by atoms with Gasteiger partial charge in [0.2, 0.25) is 0 Å². The monoisotopic (exact) mass is 808 g/mol. The van der Waals surface area contributed by atoms with Gasteiger partial charge < -0.3 is 14.2 Å². The van der Waals surface area contributed by atoms with Crippen molar-refractivity contribution in [2.45, 2.75) is 105 Å². The smallest absolute Gasteiger partial charge is 0.252 e. The summed E-state index contributed by atoms with van der Waals surface area (Å²) in [5.41, 5.74) is 25.3. The molecule has 0 saturated carbocycles. The van der Waals surface area contributed by atoms with Gasteiger partial charge in [-0.1, -0.05) is 121 Å². The van der Waals surface area contributed by atoms with Gasteiger partial charge in [0, 0.05) is 44.9 Å². The van der Waals surface area contributed by atoms with Crippen LogP contribution in [0.2, 0.25) is 0 Å². The van der Waals surface area contributed by atoms with Crippen molar-refractivity contribution >= 4 is 79.2 Å². The molecular weight excluding hydrogens is 751 g/mol. The Labute approximate surface area is 368 Å². The van der Waals surface area contributed by atoms with Gasteiger partial charge in [-0.3, -0.25) is 0 Å². The Morgan fingerprint density at radius 3 is 1.74 bits per heavy atom. The van der Waals surface area contributed by atoms with Crippen molar-refractivity contribution in [2.24, 2.45) is 0 Å². The van der Waals surface area contributed by atoms with Crippen molar-refractivity contribution in [1.29, 1.82) is 0 Å². The van der Waals surface area contributed by atoms with Crippen LogP contribution in [0.3, 0.4) is 0 Å². The fraction of sp³-hybridized carbons (Fsp3) is 0.276. The molecule has 3 heterocycles. The molecule has 3 aliphatic rings. The van der Waals surface area contributed by atoms with Gasteiger partial charge in [0.25, 0.3) is 6.71 Å². The first-order valence-electron chi connectivity index (χ1n) is 22.7. The van der Waals surface area contributed by atoms with Crippen LogP contribution in [-0.2, 0) is 16.2 Å². The van der Waals surface area contributed by atoms with Gasteiger partial charge in [0.05, 0.1) is 0 Å². The van der Waals surface area contributed by atoms with E-state index < -0.39 is 0 Å². The lowest BCUT2D eigenvalue weighted by atomic mass is 9.33. The molecule has 1 aliphatic carbocycles. The zero-order chi connectivity index (χ0) is 43.2. The average molecular weight is 809 g/mol. The highest BCUT2D eigenvalue weighted by molar-refractivity contribution is 7.00. The Kier molecular flexibility index (Phi) is 8.32. The zero-order valence-electron chi connectivity index (χ0n) is 38.3. The number of aryl methyl sites for hydroxylation is 4. The van der Waals surface area contributed by atoms with Gasteiger partial charge in [0.15, 0.2) is 0 Å². The van der Waals surface area contributed by atoms with Crippen molar-refractivity contribution in [2.75, 3.05) is 9.80 Å². The standard InChI is InChI=1S/C58H57BN2O/c1-34-17-12-14-21-46(34)60-48-30-41-40-20-13-15-22-52(40)62-53(41)33-45(48)59-44-31-42-43(58(10,11)26-25-57(42,8)9)32-49(44)61(47-24-23-39(27-37(47)4)56(5,6)7)51-29-38(28-50(60)55(51)59)54-35(2)18-16-19-36(54)3/h12-24,27-33H,25-26H2,1-11H3. The second kappa shape index (κ2) is 13.3. The van der Waals surface area contributed by atoms with Crippen LogP contribution in [0, 0.1) is 27.7 Å². The largest absolute Gasteiger partial charge is 0.456 e. The molecular formula is C58H57BN2O. The second-order valence-electron chi connectivity index (χ2n) is 21.1. The lowest BCUT2D eigenvalue weighted by Gasteiger charge is -2.48. The Hall–Kier alpha value is -6.00. The molecule has 0 N–H and O–H groups in total. The summed E-state index contributed by atoms with van der Waals surface area (Å²) >= 11 is 0. The minimum atomic E-state index is -0.0357. The number of hydrogen-bond donors (Lipinski definition) is 0. The molecule has 7 aromatic carbocycles. The highest BCUT2D eigenvalue weighted by Crippen LogP contribution is 2.52. The minimum Gasteiger partial charge on any atom is -0.456 e. The zero-order valence-corrected chi connectivity index (χ0v) is 38.3. The second-order valence-corrected chi connectivity index (χ2v) is 21.1. The molecule has 0 amide bonds. The predicted octanol–water partition coefficient (Wildman–Crippen LogP) is 14.2. The van der Waals surface area contributed by atoms with E-state index in [4.69, 9.17) is 4.42 Å². The summed E-state index contributed by atoms with van der Waals surface area (Å²) in [6.07, 6.45) is 2.32. The number of furan rings is 1. The summed E-state index contributed by atoms with van der Waals surface area (Å²) in [6.45, 7) is 25.9. The Balaban J connectivity index is 1.33. The summed E-state index contributed by atoms with van der Waals surface area (Å²) in [7, 11) is 0. The SMILES string of the molecule is Cc1cc(C(C)(C)C)ccc1N1c2cc3c(cc2B2c4cc5oc6ccccc6c5cc4N(c4ccccc4C)c4cc(-c5c(C)cccc5C)cc1c42)C(C)(C)CCC3(C)C. The van der Waals surface area contributed by atoms with Crippen LogP contribution in [0.15, 0.2) is 126 Å². The maximum atomic E-state index is 6.77. The summed E-state index contributed by atoms with van der Waals surface area (Å²) < 4.78 is 6.77. The Morgan fingerprint density at radius 1 is 0.500 bits per heavy atom. The molecule has 0 spiro atoms. The third-order valence-electron chi connectivity index (χ3n) is 15.0. The first-order valence-corrected chi connectivity index (χ1v) is 22.7. The molecule has 4 heteroatoms. The Morgan fingerprint density at radius 2 is 1.08 bits per heavy atom. The van der Waals surface area contributed by atoms with Crippen LogP contribution in [0.25, 0.3) is 33.1 Å². The van der Waals surface area contributed by atoms with E-state index >= 15 is 0 Å². The van der Waals surface area contributed by atoms with Crippen molar-refractivity contribution in [3.8, 4) is 11.1 Å². The number of rotatable bonds is 3. The van der Waals surface area contributed by atoms with E-state index in [0.717, 1.165) is 34.8 Å². The van der Waals surface area contributed by atoms with Crippen LogP contribution in [0.4, 0.5) is 34.1 Å². The molecule has 11 rings (SSSR count). The van der Waals surface area contributed by atoms with E-state index in [1.165, 1.54) is 101 Å². The van der Waals surface area contributed by atoms with E-state index in [1.807, 2.05) is 0 Å². The normalized spacial score (nSPS) is 16.0. The van der Waals surface area contributed by atoms with Gasteiger partial charge in [-0.2, -0.15) is 0 Å². The maximum absolute atomic E-state index is 6.77. The summed E-state index contributed by atoms with van der Waals surface area (Å²) in [5.74, 6) is 0. The molecule has 308 valence electrons. The third kappa shape index (κ3) is 5.64. The van der Waals surface area contributed by atoms with Gasteiger partial charge in [0.1, 0.15) is 11.2 Å². The molecule has 3 nitrogen and oxygen atoms in total. The third-order valence-corrected chi connectivity index (χ3v) is 15.0. The van der Waals surface area contributed by atoms with Crippen LogP contribution in [0.1, 0.15) is 100 Å². The van der Waals surface area contributed by atoms with Crippen molar-refractivity contribution in [3.05, 3.63) is 160 Å². The summed E-state index contributed by atoms with van der Waals surface area (Å²) in [6, 6.07) is 46.5. The highest BCUT2D eigenvalue weighted by atomic mass is 16.3. The fourth-order valence-corrected chi connectivity index (χ4v) is 11.4. The molecule has 0 radical (unpaired) electrons. The minimum absolute atomic E-state index is 0.0318. The topological polar surface area (TPSA) is 19.6 Å². The Bertz CT molecular complexity index is 3170. The maximum Gasteiger partial charge on any atom is 0.252 e. The van der Waals surface area contributed by atoms with Crippen LogP contribution < -0.4 is 26.2 Å². The summed E-state index contributed by atoms with van der Waals surface area (Å²) in [4.78, 5) is 5.24. The number of nitrogens with zero attached hydrogens (tertiary/aromatic N) is 2. The van der Waals surface area contributed by atoms with Crippen LogP contribution >= 0.6 is 0 Å². The van der Waals surface area contributed by atoms with Gasteiger partial charge in [-0.15, -0.1) is 0 Å². The van der Waals surface area contributed by atoms with Gasteiger partial charge in [-0.05, 0) is 172 Å². The molecule has 8 aromatic rings. The molecule has 0 unspecified atom stereocenters. The molecule has 2 aliphatic heterocycles. The number of benzene rings is 7. The van der Waals surface area contributed by atoms with E-state index in [1.54, 1.807) is 0 Å². The molecule has 62 heavy (non-hydrogen) atoms. The summed E-state index contributed by atoms with van der Waals surface area (Å²) in [5, 5.41) is 2.29. The van der Waals surface area contributed by atoms with Crippen LogP contribution in [-0.4, -0.2) is 6.71 Å². The number of fused-ring (bicyclic) bond motifs is 8. The lowest BCUT2D eigenvalue weighted by Crippen LogP contribution is -2.62. The molecule has 0 saturated heterocycles. The van der Waals surface area contributed by atoms with Gasteiger partial charge >= 0.3 is 0 Å². The molecule has 0 bridgehead atoms. The van der Waals surface area contributed by atoms with Crippen molar-refractivity contribution < 1.29 is 4.42 Å². The van der Waals surface area contributed by atoms with Crippen LogP contribution in [0.5, 0.6) is 0 Å². The lowest BCUT2D eigenvalue weighted by molar-refractivity contribution is 0.332. The van der Waals surface area contributed by atoms with Crippen molar-refractivity contribution in [1.82, 2.24) is 0 Å². The predicted molar refractivity (Wildman–Crippen MR) is 266 cm³/mol. The number of anilines is 6. The van der Waals surface area contributed by atoms with E-state index in [-0.39, 0.29) is 23.0 Å². The van der Waals surface area contributed by atoms with Gasteiger partial charge in [-0.25, -0.2) is 0 Å². The van der Waals surface area contributed by atoms with Crippen molar-refractivity contribution in [3.63, 3.8) is 0 Å². The molecule has 1 aromatic heterocycles. The first-order chi connectivity index (χ1) is 29.5. The number of para-hydroxylation sites is 2. The van der Waals surface area contributed by atoms with E-state index in [2.05, 4.69) is 207 Å². The average Bonchev–Trinajstić information content (AvgIpc) is 3.59. The quantitative estimate of drug-likeness (QED) is 0.166. The molecule has 0 fully saturated rings. The first kappa shape index (κ1) is 38.9.